The van der Waals surface area contributed by atoms with Crippen molar-refractivity contribution in [3.05, 3.63) is 59.4 Å². The minimum atomic E-state index is -1.10. The highest BCUT2D eigenvalue weighted by Gasteiger charge is 2.52. The van der Waals surface area contributed by atoms with Crippen LogP contribution < -0.4 is 9.64 Å². The maximum atomic E-state index is 13.6. The van der Waals surface area contributed by atoms with Crippen LogP contribution in [0.3, 0.4) is 0 Å². The summed E-state index contributed by atoms with van der Waals surface area (Å²) in [5.41, 5.74) is 1.82. The lowest BCUT2D eigenvalue weighted by molar-refractivity contribution is -0.907. The van der Waals surface area contributed by atoms with Crippen LogP contribution in [0.25, 0.3) is 0 Å². The van der Waals surface area contributed by atoms with Crippen molar-refractivity contribution in [2.24, 2.45) is 5.92 Å². The Morgan fingerprint density at radius 2 is 2.03 bits per heavy atom. The number of carbonyl (C=O) groups excluding carboxylic acids is 3. The lowest BCUT2D eigenvalue weighted by Gasteiger charge is -2.30. The SMILES string of the molecule is COc1ccc(C(=O)C2C(=O)C(=O)N(CC[NH+]3CCOCC3)C2c2cccnc2)c(C)c1. The maximum Gasteiger partial charge on any atom is 0.291 e. The predicted molar refractivity (Wildman–Crippen MR) is 116 cm³/mol. The van der Waals surface area contributed by atoms with Crippen LogP contribution in [0.2, 0.25) is 0 Å². The minimum absolute atomic E-state index is 0.349. The number of likely N-dealkylation sites (tertiary alicyclic amines) is 1. The molecule has 0 aliphatic carbocycles. The number of rotatable bonds is 7. The van der Waals surface area contributed by atoms with E-state index in [-0.39, 0.29) is 5.78 Å². The van der Waals surface area contributed by atoms with Crippen LogP contribution >= 0.6 is 0 Å². The summed E-state index contributed by atoms with van der Waals surface area (Å²) in [5, 5.41) is 0. The van der Waals surface area contributed by atoms with E-state index >= 15 is 0 Å². The van der Waals surface area contributed by atoms with Crippen molar-refractivity contribution in [1.82, 2.24) is 9.88 Å². The molecule has 1 N–H and O–H groups in total. The van der Waals surface area contributed by atoms with E-state index < -0.39 is 23.7 Å². The zero-order valence-corrected chi connectivity index (χ0v) is 18.4. The number of morpholine rings is 1. The molecule has 2 aromatic rings. The first-order chi connectivity index (χ1) is 15.5. The van der Waals surface area contributed by atoms with E-state index in [0.717, 1.165) is 13.1 Å². The molecule has 0 bridgehead atoms. The Kier molecular flexibility index (Phi) is 6.62. The van der Waals surface area contributed by atoms with Gasteiger partial charge < -0.3 is 19.3 Å². The lowest BCUT2D eigenvalue weighted by Crippen LogP contribution is -3.14. The number of amides is 1. The zero-order chi connectivity index (χ0) is 22.7. The monoisotopic (exact) mass is 438 g/mol. The van der Waals surface area contributed by atoms with Crippen LogP contribution in [0.1, 0.15) is 27.5 Å². The number of quaternary nitrogens is 1. The topological polar surface area (TPSA) is 90.2 Å². The molecule has 1 aromatic carbocycles. The van der Waals surface area contributed by atoms with E-state index in [2.05, 4.69) is 4.98 Å². The minimum Gasteiger partial charge on any atom is -0.497 e. The van der Waals surface area contributed by atoms with Crippen LogP contribution in [-0.2, 0) is 14.3 Å². The van der Waals surface area contributed by atoms with Crippen molar-refractivity contribution in [3.63, 3.8) is 0 Å². The van der Waals surface area contributed by atoms with E-state index in [4.69, 9.17) is 9.47 Å². The van der Waals surface area contributed by atoms with Crippen molar-refractivity contribution >= 4 is 17.5 Å². The van der Waals surface area contributed by atoms with Crippen molar-refractivity contribution < 1.29 is 28.8 Å². The summed E-state index contributed by atoms with van der Waals surface area (Å²) < 4.78 is 10.6. The van der Waals surface area contributed by atoms with Gasteiger partial charge in [-0.1, -0.05) is 6.07 Å². The van der Waals surface area contributed by atoms with Crippen LogP contribution in [0.4, 0.5) is 0 Å². The Bertz CT molecular complexity index is 1000. The second-order valence-electron chi connectivity index (χ2n) is 8.23. The van der Waals surface area contributed by atoms with Gasteiger partial charge in [0.25, 0.3) is 5.91 Å². The molecule has 2 fully saturated rings. The van der Waals surface area contributed by atoms with E-state index in [1.54, 1.807) is 55.6 Å². The van der Waals surface area contributed by atoms with Gasteiger partial charge >= 0.3 is 0 Å². The highest BCUT2D eigenvalue weighted by atomic mass is 16.5. The first-order valence-electron chi connectivity index (χ1n) is 10.9. The lowest BCUT2D eigenvalue weighted by atomic mass is 9.85. The summed E-state index contributed by atoms with van der Waals surface area (Å²) in [7, 11) is 1.56. The molecule has 2 unspecified atom stereocenters. The summed E-state index contributed by atoms with van der Waals surface area (Å²) in [6.07, 6.45) is 3.26. The number of ketones is 2. The second kappa shape index (κ2) is 9.58. The number of ether oxygens (including phenoxy) is 2. The molecule has 1 amide bonds. The summed E-state index contributed by atoms with van der Waals surface area (Å²) in [6, 6.07) is 8.02. The molecule has 0 spiro atoms. The molecular formula is C24H28N3O5+. The predicted octanol–water partition coefficient (Wildman–Crippen LogP) is 0.265. The molecule has 2 saturated heterocycles. The van der Waals surface area contributed by atoms with Gasteiger partial charge in [0, 0.05) is 18.0 Å². The number of hydrogen-bond donors (Lipinski definition) is 1. The van der Waals surface area contributed by atoms with E-state index in [1.807, 2.05) is 6.07 Å². The third-order valence-electron chi connectivity index (χ3n) is 6.32. The second-order valence-corrected chi connectivity index (χ2v) is 8.23. The van der Waals surface area contributed by atoms with Crippen LogP contribution in [0.15, 0.2) is 42.7 Å². The van der Waals surface area contributed by atoms with Crippen molar-refractivity contribution in [2.45, 2.75) is 13.0 Å². The number of aromatic nitrogens is 1. The fraction of sp³-hybridized carbons (Fsp3) is 0.417. The van der Waals surface area contributed by atoms with Gasteiger partial charge in [-0.15, -0.1) is 0 Å². The molecule has 3 heterocycles. The first-order valence-corrected chi connectivity index (χ1v) is 10.9. The van der Waals surface area contributed by atoms with Gasteiger partial charge in [0.1, 0.15) is 24.8 Å². The average Bonchev–Trinajstić information content (AvgIpc) is 3.08. The highest BCUT2D eigenvalue weighted by molar-refractivity contribution is 6.44. The fourth-order valence-electron chi connectivity index (χ4n) is 4.55. The molecule has 168 valence electrons. The summed E-state index contributed by atoms with van der Waals surface area (Å²) in [5.74, 6) is -2.07. The number of Topliss-reactive ketones (excluding diaryl/α,β-unsaturated/α-hetero) is 2. The number of benzene rings is 1. The molecule has 0 radical (unpaired) electrons. The van der Waals surface area contributed by atoms with Crippen molar-refractivity contribution in [1.29, 1.82) is 0 Å². The highest BCUT2D eigenvalue weighted by Crippen LogP contribution is 2.38. The Hall–Kier alpha value is -3.10. The number of nitrogens with one attached hydrogen (secondary N) is 1. The smallest absolute Gasteiger partial charge is 0.291 e. The van der Waals surface area contributed by atoms with Gasteiger partial charge in [0.05, 0.1) is 39.5 Å². The normalized spacial score (nSPS) is 21.8. The molecule has 2 atom stereocenters. The number of methoxy groups -OCH3 is 1. The van der Waals surface area contributed by atoms with E-state index in [1.165, 1.54) is 4.90 Å². The Balaban J connectivity index is 1.66. The number of hydrogen-bond acceptors (Lipinski definition) is 6. The summed E-state index contributed by atoms with van der Waals surface area (Å²) >= 11 is 0. The molecule has 2 aliphatic heterocycles. The van der Waals surface area contributed by atoms with Crippen molar-refractivity contribution in [3.8, 4) is 5.75 Å². The van der Waals surface area contributed by atoms with Gasteiger partial charge in [-0.05, 0) is 42.3 Å². The quantitative estimate of drug-likeness (QED) is 0.379. The van der Waals surface area contributed by atoms with Gasteiger partial charge in [-0.2, -0.15) is 0 Å². The standard InChI is InChI=1S/C24H27N3O5/c1-16-14-18(31-2)5-6-19(16)22(28)20-21(17-4-3-7-25-15-17)27(24(30)23(20)29)9-8-26-10-12-32-13-11-26/h3-7,14-15,20-21H,8-13H2,1-2H3/p+1. The number of carbonyl (C=O) groups is 3. The largest absolute Gasteiger partial charge is 0.497 e. The van der Waals surface area contributed by atoms with Crippen LogP contribution in [-0.4, -0.2) is 73.9 Å². The number of nitrogens with zero attached hydrogens (tertiary/aromatic N) is 2. The third kappa shape index (κ3) is 4.28. The fourth-order valence-corrected chi connectivity index (χ4v) is 4.55. The van der Waals surface area contributed by atoms with Crippen molar-refractivity contribution in [2.75, 3.05) is 46.5 Å². The molecule has 32 heavy (non-hydrogen) atoms. The van der Waals surface area contributed by atoms with Gasteiger partial charge in [-0.3, -0.25) is 19.4 Å². The number of pyridine rings is 1. The van der Waals surface area contributed by atoms with Gasteiger partial charge in [0.2, 0.25) is 5.78 Å². The molecule has 4 rings (SSSR count). The van der Waals surface area contributed by atoms with Gasteiger partial charge in [-0.25, -0.2) is 0 Å². The first kappa shape index (κ1) is 22.1. The molecule has 8 heteroatoms. The molecule has 1 aromatic heterocycles. The van der Waals surface area contributed by atoms with E-state index in [9.17, 15) is 14.4 Å². The third-order valence-corrected chi connectivity index (χ3v) is 6.32. The molecular weight excluding hydrogens is 410 g/mol. The van der Waals surface area contributed by atoms with Crippen LogP contribution in [0.5, 0.6) is 5.75 Å². The Labute approximate surface area is 187 Å². The van der Waals surface area contributed by atoms with Gasteiger partial charge in [0.15, 0.2) is 5.78 Å². The zero-order valence-electron chi connectivity index (χ0n) is 18.4. The van der Waals surface area contributed by atoms with Crippen LogP contribution in [0, 0.1) is 12.8 Å². The Morgan fingerprint density at radius 3 is 2.69 bits per heavy atom. The molecule has 8 nitrogen and oxygen atoms in total. The summed E-state index contributed by atoms with van der Waals surface area (Å²) in [4.78, 5) is 46.8. The number of aryl methyl sites for hydroxylation is 1. The van der Waals surface area contributed by atoms with E-state index in [0.29, 0.717) is 48.7 Å². The molecule has 2 aliphatic rings. The molecule has 0 saturated carbocycles. The maximum absolute atomic E-state index is 13.6. The average molecular weight is 439 g/mol. The summed E-state index contributed by atoms with van der Waals surface area (Å²) in [6.45, 7) is 5.99. The Morgan fingerprint density at radius 1 is 1.25 bits per heavy atom.